The van der Waals surface area contributed by atoms with Crippen LogP contribution in [0.1, 0.15) is 22.4 Å². The summed E-state index contributed by atoms with van der Waals surface area (Å²) in [6, 6.07) is 8.08. The fraction of sp³-hybridized carbons (Fsp3) is 0.231. The van der Waals surface area contributed by atoms with E-state index in [0.29, 0.717) is 11.6 Å². The third kappa shape index (κ3) is 3.27. The number of thiocarbonyl (C=S) groups is 1. The predicted octanol–water partition coefficient (Wildman–Crippen LogP) is 2.92. The van der Waals surface area contributed by atoms with Crippen molar-refractivity contribution in [2.75, 3.05) is 0 Å². The molecule has 0 fully saturated rings. The fourth-order valence-electron chi connectivity index (χ4n) is 1.46. The van der Waals surface area contributed by atoms with Crippen LogP contribution in [0.3, 0.4) is 0 Å². The van der Waals surface area contributed by atoms with Crippen LogP contribution in [0.25, 0.3) is 0 Å². The maximum absolute atomic E-state index is 5.65. The lowest BCUT2D eigenvalue weighted by atomic mass is 10.2. The Bertz CT molecular complexity index is 534. The molecule has 2 aromatic rings. The first-order valence-electron chi connectivity index (χ1n) is 5.65. The molecule has 0 unspecified atom stereocenters. The summed E-state index contributed by atoms with van der Waals surface area (Å²) in [5, 5.41) is 0.873. The Morgan fingerprint density at radius 3 is 2.67 bits per heavy atom. The maximum Gasteiger partial charge on any atom is 0.140 e. The predicted molar refractivity (Wildman–Crippen MR) is 78.2 cm³/mol. The Morgan fingerprint density at radius 2 is 2.11 bits per heavy atom. The van der Waals surface area contributed by atoms with Crippen LogP contribution < -0.4 is 10.5 Å². The van der Waals surface area contributed by atoms with Gasteiger partial charge in [0.15, 0.2) is 0 Å². The standard InChI is InChI=1S/C13H14N2OS2/c1-2-9-3-5-10(6-4-9)16-8-12-15-7-11(18-12)13(14)17/h3-7H,2,8H2,1H3,(H2,14,17). The molecule has 0 saturated heterocycles. The average Bonchev–Trinajstić information content (AvgIpc) is 2.86. The van der Waals surface area contributed by atoms with E-state index in [2.05, 4.69) is 24.0 Å². The van der Waals surface area contributed by atoms with Crippen LogP contribution in [0.5, 0.6) is 5.75 Å². The first-order valence-corrected chi connectivity index (χ1v) is 6.87. The van der Waals surface area contributed by atoms with Crippen LogP contribution in [0.4, 0.5) is 0 Å². The van der Waals surface area contributed by atoms with Gasteiger partial charge in [0, 0.05) is 6.20 Å². The minimum atomic E-state index is 0.381. The maximum atomic E-state index is 5.65. The van der Waals surface area contributed by atoms with Crippen molar-refractivity contribution in [3.8, 4) is 5.75 Å². The van der Waals surface area contributed by atoms with Gasteiger partial charge in [0.1, 0.15) is 22.4 Å². The van der Waals surface area contributed by atoms with Crippen molar-refractivity contribution in [1.82, 2.24) is 4.98 Å². The molecule has 0 aliphatic rings. The molecular weight excluding hydrogens is 264 g/mol. The number of hydrogen-bond donors (Lipinski definition) is 1. The summed E-state index contributed by atoms with van der Waals surface area (Å²) in [5.74, 6) is 0.847. The van der Waals surface area contributed by atoms with Crippen molar-refractivity contribution in [1.29, 1.82) is 0 Å². The lowest BCUT2D eigenvalue weighted by Crippen LogP contribution is -2.06. The highest BCUT2D eigenvalue weighted by molar-refractivity contribution is 7.81. The summed E-state index contributed by atoms with van der Waals surface area (Å²) in [7, 11) is 0. The van der Waals surface area contributed by atoms with Gasteiger partial charge in [-0.3, -0.25) is 0 Å². The van der Waals surface area contributed by atoms with Gasteiger partial charge < -0.3 is 10.5 Å². The molecule has 0 bridgehead atoms. The fourth-order valence-corrected chi connectivity index (χ4v) is 2.32. The van der Waals surface area contributed by atoms with Crippen molar-refractivity contribution in [3.05, 3.63) is 45.9 Å². The van der Waals surface area contributed by atoms with Crippen molar-refractivity contribution in [2.24, 2.45) is 5.73 Å². The molecule has 5 heteroatoms. The molecule has 2 rings (SSSR count). The van der Waals surface area contributed by atoms with Gasteiger partial charge >= 0.3 is 0 Å². The van der Waals surface area contributed by atoms with Crippen molar-refractivity contribution < 1.29 is 4.74 Å². The van der Waals surface area contributed by atoms with Gasteiger partial charge in [-0.25, -0.2) is 4.98 Å². The first-order chi connectivity index (χ1) is 8.69. The van der Waals surface area contributed by atoms with Crippen LogP contribution in [0, 0.1) is 0 Å². The zero-order valence-corrected chi connectivity index (χ0v) is 11.7. The lowest BCUT2D eigenvalue weighted by Gasteiger charge is -2.04. The lowest BCUT2D eigenvalue weighted by molar-refractivity contribution is 0.305. The van der Waals surface area contributed by atoms with Crippen LogP contribution >= 0.6 is 23.6 Å². The Morgan fingerprint density at radius 1 is 1.39 bits per heavy atom. The molecule has 3 nitrogen and oxygen atoms in total. The minimum absolute atomic E-state index is 0.381. The molecule has 0 saturated carbocycles. The minimum Gasteiger partial charge on any atom is -0.486 e. The van der Waals surface area contributed by atoms with Gasteiger partial charge in [0.05, 0.1) is 4.88 Å². The molecule has 1 heterocycles. The van der Waals surface area contributed by atoms with Crippen LogP contribution in [-0.4, -0.2) is 9.97 Å². The van der Waals surface area contributed by atoms with E-state index in [0.717, 1.165) is 22.1 Å². The average molecular weight is 278 g/mol. The van der Waals surface area contributed by atoms with E-state index >= 15 is 0 Å². The second-order valence-electron chi connectivity index (χ2n) is 3.77. The molecule has 0 radical (unpaired) electrons. The molecule has 0 aliphatic carbocycles. The second kappa shape index (κ2) is 5.93. The van der Waals surface area contributed by atoms with Gasteiger partial charge in [0.25, 0.3) is 0 Å². The quantitative estimate of drug-likeness (QED) is 0.854. The van der Waals surface area contributed by atoms with Crippen LogP contribution in [0.15, 0.2) is 30.5 Å². The smallest absolute Gasteiger partial charge is 0.140 e. The summed E-state index contributed by atoms with van der Waals surface area (Å²) >= 11 is 6.35. The van der Waals surface area contributed by atoms with E-state index in [4.69, 9.17) is 22.7 Å². The number of aryl methyl sites for hydroxylation is 1. The highest BCUT2D eigenvalue weighted by Crippen LogP contribution is 2.17. The van der Waals surface area contributed by atoms with E-state index in [9.17, 15) is 0 Å². The number of benzene rings is 1. The largest absolute Gasteiger partial charge is 0.486 e. The van der Waals surface area contributed by atoms with Crippen LogP contribution in [-0.2, 0) is 13.0 Å². The van der Waals surface area contributed by atoms with Gasteiger partial charge in [-0.05, 0) is 24.1 Å². The van der Waals surface area contributed by atoms with E-state index in [1.54, 1.807) is 6.20 Å². The molecule has 18 heavy (non-hydrogen) atoms. The number of thiazole rings is 1. The third-order valence-electron chi connectivity index (χ3n) is 2.49. The monoisotopic (exact) mass is 278 g/mol. The first kappa shape index (κ1) is 13.0. The number of nitrogens with zero attached hydrogens (tertiary/aromatic N) is 1. The summed E-state index contributed by atoms with van der Waals surface area (Å²) < 4.78 is 5.65. The van der Waals surface area contributed by atoms with E-state index in [-0.39, 0.29) is 0 Å². The SMILES string of the molecule is CCc1ccc(OCc2ncc(C(N)=S)s2)cc1. The van der Waals surface area contributed by atoms with Gasteiger partial charge in [-0.1, -0.05) is 31.3 Å². The normalized spacial score (nSPS) is 10.3. The van der Waals surface area contributed by atoms with Gasteiger partial charge in [-0.2, -0.15) is 0 Å². The van der Waals surface area contributed by atoms with Crippen molar-refractivity contribution in [2.45, 2.75) is 20.0 Å². The molecular formula is C13H14N2OS2. The van der Waals surface area contributed by atoms with Gasteiger partial charge in [0.2, 0.25) is 0 Å². The number of aromatic nitrogens is 1. The number of rotatable bonds is 5. The Balaban J connectivity index is 1.95. The Hall–Kier alpha value is -1.46. The van der Waals surface area contributed by atoms with E-state index in [1.165, 1.54) is 16.9 Å². The summed E-state index contributed by atoms with van der Waals surface area (Å²) in [6.45, 7) is 2.57. The van der Waals surface area contributed by atoms with Crippen molar-refractivity contribution in [3.63, 3.8) is 0 Å². The number of ether oxygens (including phenoxy) is 1. The molecule has 94 valence electrons. The summed E-state index contributed by atoms with van der Waals surface area (Å²) in [6.07, 6.45) is 2.72. The summed E-state index contributed by atoms with van der Waals surface area (Å²) in [4.78, 5) is 5.42. The van der Waals surface area contributed by atoms with Crippen molar-refractivity contribution >= 4 is 28.5 Å². The number of nitrogens with two attached hydrogens (primary N) is 1. The molecule has 0 spiro atoms. The topological polar surface area (TPSA) is 48.1 Å². The molecule has 0 aliphatic heterocycles. The Kier molecular flexibility index (Phi) is 4.28. The van der Waals surface area contributed by atoms with E-state index < -0.39 is 0 Å². The second-order valence-corrected chi connectivity index (χ2v) is 5.32. The third-order valence-corrected chi connectivity index (χ3v) is 3.84. The van der Waals surface area contributed by atoms with E-state index in [1.807, 2.05) is 12.1 Å². The highest BCUT2D eigenvalue weighted by Gasteiger charge is 2.04. The zero-order chi connectivity index (χ0) is 13.0. The summed E-state index contributed by atoms with van der Waals surface area (Å²) in [5.41, 5.74) is 6.83. The van der Waals surface area contributed by atoms with Crippen LogP contribution in [0.2, 0.25) is 0 Å². The molecule has 1 aromatic carbocycles. The number of hydrogen-bond acceptors (Lipinski definition) is 4. The molecule has 1 aromatic heterocycles. The Labute approximate surface area is 116 Å². The van der Waals surface area contributed by atoms with Gasteiger partial charge in [-0.15, -0.1) is 11.3 Å². The highest BCUT2D eigenvalue weighted by atomic mass is 32.1. The molecule has 2 N–H and O–H groups in total. The zero-order valence-electron chi connectivity index (χ0n) is 10.1. The molecule has 0 amide bonds. The molecule has 0 atom stereocenters.